The van der Waals surface area contributed by atoms with E-state index in [0.717, 1.165) is 9.54 Å². The smallest absolute Gasteiger partial charge is 0.531 e. The zero-order valence-corrected chi connectivity index (χ0v) is 18.3. The highest BCUT2D eigenvalue weighted by Gasteiger charge is 2.27. The number of nitrogens with zero attached hydrogens (tertiary/aromatic N) is 2. The monoisotopic (exact) mass is 456 g/mol. The Bertz CT molecular complexity index is 1340. The van der Waals surface area contributed by atoms with Crippen LogP contribution in [0.1, 0.15) is 5.56 Å². The molecule has 4 aromatic rings. The molecule has 0 fully saturated rings. The summed E-state index contributed by atoms with van der Waals surface area (Å²) in [7, 11) is -3.79. The van der Waals surface area contributed by atoms with Crippen molar-refractivity contribution in [1.29, 1.82) is 0 Å². The molecule has 158 valence electrons. The van der Waals surface area contributed by atoms with Gasteiger partial charge in [0.05, 0.1) is 28.6 Å². The summed E-state index contributed by atoms with van der Waals surface area (Å²) in [5.41, 5.74) is 1.50. The van der Waals surface area contributed by atoms with Crippen LogP contribution in [0.4, 0.5) is 0 Å². The third-order valence-corrected chi connectivity index (χ3v) is 6.77. The lowest BCUT2D eigenvalue weighted by Crippen LogP contribution is -2.36. The van der Waals surface area contributed by atoms with Crippen LogP contribution in [-0.4, -0.2) is 36.6 Å². The van der Waals surface area contributed by atoms with Gasteiger partial charge in [-0.15, -0.1) is 0 Å². The van der Waals surface area contributed by atoms with Crippen molar-refractivity contribution in [2.75, 3.05) is 7.11 Å². The second kappa shape index (κ2) is 8.26. The highest BCUT2D eigenvalue weighted by atomic mass is 35.5. The minimum atomic E-state index is -3.97. The van der Waals surface area contributed by atoms with Crippen molar-refractivity contribution in [3.8, 4) is 11.5 Å². The maximum Gasteiger partial charge on any atom is 0.560 e. The van der Waals surface area contributed by atoms with E-state index in [1.807, 2.05) is 6.92 Å². The van der Waals surface area contributed by atoms with Gasteiger partial charge < -0.3 is 14.4 Å². The number of aryl methyl sites for hydroxylation is 1. The van der Waals surface area contributed by atoms with Gasteiger partial charge in [-0.1, -0.05) is 41.4 Å². The summed E-state index contributed by atoms with van der Waals surface area (Å²) in [4.78, 5) is 4.29. The lowest BCUT2D eigenvalue weighted by molar-refractivity contribution is 0.414. The van der Waals surface area contributed by atoms with Gasteiger partial charge in [0.1, 0.15) is 11.5 Å². The Labute approximate surface area is 185 Å². The number of pyridine rings is 1. The van der Waals surface area contributed by atoms with Crippen LogP contribution in [0.2, 0.25) is 5.02 Å². The third-order valence-electron chi connectivity index (χ3n) is 4.79. The first-order valence-electron chi connectivity index (χ1n) is 9.28. The van der Waals surface area contributed by atoms with E-state index < -0.39 is 17.1 Å². The second-order valence-electron chi connectivity index (χ2n) is 6.84. The predicted molar refractivity (Wildman–Crippen MR) is 120 cm³/mol. The normalized spacial score (nSPS) is 11.5. The average Bonchev–Trinajstić information content (AvgIpc) is 3.14. The second-order valence-corrected chi connectivity index (χ2v) is 9.06. The summed E-state index contributed by atoms with van der Waals surface area (Å²) in [6, 6.07) is 14.6. The van der Waals surface area contributed by atoms with E-state index in [1.165, 1.54) is 30.6 Å². The molecular weight excluding hydrogens is 439 g/mol. The van der Waals surface area contributed by atoms with Crippen molar-refractivity contribution in [3.63, 3.8) is 0 Å². The molecule has 0 radical (unpaired) electrons. The number of hydrogen-bond acceptors (Lipinski definition) is 6. The molecule has 0 amide bonds. The summed E-state index contributed by atoms with van der Waals surface area (Å²) in [5.74, 6) is 0.719. The number of halogens is 1. The molecule has 0 aliphatic rings. The van der Waals surface area contributed by atoms with E-state index in [4.69, 9.17) is 21.0 Å². The van der Waals surface area contributed by atoms with Crippen LogP contribution in [0, 0.1) is 6.92 Å². The molecular formula is C21H18BClN2O5S. The quantitative estimate of drug-likeness (QED) is 0.449. The lowest BCUT2D eigenvalue weighted by atomic mass is 9.79. The van der Waals surface area contributed by atoms with Crippen LogP contribution in [0.15, 0.2) is 71.9 Å². The minimum Gasteiger partial charge on any atom is -0.531 e. The molecule has 0 aliphatic carbocycles. The summed E-state index contributed by atoms with van der Waals surface area (Å²) >= 11 is 6.34. The van der Waals surface area contributed by atoms with Gasteiger partial charge in [0.15, 0.2) is 5.65 Å². The van der Waals surface area contributed by atoms with E-state index in [0.29, 0.717) is 11.2 Å². The topological polar surface area (TPSA) is 90.6 Å². The molecule has 0 spiro atoms. The molecule has 0 bridgehead atoms. The Balaban J connectivity index is 1.79. The van der Waals surface area contributed by atoms with Gasteiger partial charge in [-0.2, -0.15) is 0 Å². The lowest BCUT2D eigenvalue weighted by Gasteiger charge is -2.10. The Hall–Kier alpha value is -3.01. The Morgan fingerprint density at radius 3 is 2.39 bits per heavy atom. The molecule has 2 heterocycles. The number of ether oxygens (including phenoxy) is 1. The van der Waals surface area contributed by atoms with Crippen LogP contribution < -0.4 is 14.9 Å². The summed E-state index contributed by atoms with van der Waals surface area (Å²) < 4.78 is 38.3. The number of fused-ring (bicyclic) bond motifs is 1. The molecule has 0 unspecified atom stereocenters. The van der Waals surface area contributed by atoms with E-state index in [-0.39, 0.29) is 26.7 Å². The number of hydrogen-bond donors (Lipinski definition) is 1. The van der Waals surface area contributed by atoms with Crippen molar-refractivity contribution >= 4 is 45.2 Å². The largest absolute Gasteiger partial charge is 0.560 e. The molecule has 7 nitrogen and oxygen atoms in total. The summed E-state index contributed by atoms with van der Waals surface area (Å²) in [6.45, 7) is 1.87. The number of rotatable bonds is 6. The van der Waals surface area contributed by atoms with Crippen molar-refractivity contribution in [1.82, 2.24) is 8.96 Å². The van der Waals surface area contributed by atoms with E-state index in [1.54, 1.807) is 43.5 Å². The molecule has 0 aliphatic heterocycles. The van der Waals surface area contributed by atoms with Crippen LogP contribution in [0.3, 0.4) is 0 Å². The first-order chi connectivity index (χ1) is 14.8. The SMILES string of the molecule is COc1ccc(B(O)Oc2cn(S(=O)(=O)c3ccc(C)cc3)c3nccc(Cl)c23)cc1. The van der Waals surface area contributed by atoms with Gasteiger partial charge in [-0.05, 0) is 42.7 Å². The average molecular weight is 457 g/mol. The Kier molecular flexibility index (Phi) is 5.66. The maximum absolute atomic E-state index is 13.3. The van der Waals surface area contributed by atoms with Gasteiger partial charge in [-0.25, -0.2) is 17.4 Å². The molecule has 2 aromatic heterocycles. The van der Waals surface area contributed by atoms with Gasteiger partial charge >= 0.3 is 7.12 Å². The van der Waals surface area contributed by atoms with Crippen molar-refractivity contribution < 1.29 is 22.8 Å². The van der Waals surface area contributed by atoms with Gasteiger partial charge in [0, 0.05) is 6.20 Å². The van der Waals surface area contributed by atoms with Gasteiger partial charge in [-0.3, -0.25) is 0 Å². The van der Waals surface area contributed by atoms with Crippen LogP contribution in [0.25, 0.3) is 11.0 Å². The maximum atomic E-state index is 13.3. The third kappa shape index (κ3) is 3.99. The molecule has 0 atom stereocenters. The number of benzene rings is 2. The fourth-order valence-corrected chi connectivity index (χ4v) is 4.65. The fourth-order valence-electron chi connectivity index (χ4n) is 3.11. The highest BCUT2D eigenvalue weighted by Crippen LogP contribution is 2.35. The molecule has 1 N–H and O–H groups in total. The van der Waals surface area contributed by atoms with Crippen LogP contribution >= 0.6 is 11.6 Å². The molecule has 0 saturated carbocycles. The van der Waals surface area contributed by atoms with E-state index in [2.05, 4.69) is 4.98 Å². The number of methoxy groups -OCH3 is 1. The molecule has 2 aromatic carbocycles. The summed E-state index contributed by atoms with van der Waals surface area (Å²) in [5, 5.41) is 11.1. The Morgan fingerprint density at radius 2 is 1.74 bits per heavy atom. The highest BCUT2D eigenvalue weighted by molar-refractivity contribution is 7.90. The van der Waals surface area contributed by atoms with Crippen molar-refractivity contribution in [3.05, 3.63) is 77.6 Å². The molecule has 4 rings (SSSR count). The van der Waals surface area contributed by atoms with Crippen LogP contribution in [-0.2, 0) is 10.0 Å². The standard InChI is InChI=1S/C21H18BClN2O5S/c1-14-3-9-17(10-4-14)31(27,28)25-13-19(20-18(23)11-12-24-21(20)25)30-22(26)15-5-7-16(29-2)8-6-15/h3-13,26H,1-2H3. The first-order valence-corrected chi connectivity index (χ1v) is 11.1. The van der Waals surface area contributed by atoms with E-state index in [9.17, 15) is 13.4 Å². The predicted octanol–water partition coefficient (Wildman–Crippen LogP) is 3.01. The van der Waals surface area contributed by atoms with Gasteiger partial charge in [0.2, 0.25) is 0 Å². The zero-order valence-electron chi connectivity index (χ0n) is 16.7. The van der Waals surface area contributed by atoms with Crippen LogP contribution in [0.5, 0.6) is 11.5 Å². The zero-order chi connectivity index (χ0) is 22.2. The Morgan fingerprint density at radius 1 is 1.06 bits per heavy atom. The van der Waals surface area contributed by atoms with E-state index >= 15 is 0 Å². The molecule has 0 saturated heterocycles. The molecule has 10 heteroatoms. The number of aromatic nitrogens is 2. The summed E-state index contributed by atoms with van der Waals surface area (Å²) in [6.07, 6.45) is 2.68. The minimum absolute atomic E-state index is 0.0899. The van der Waals surface area contributed by atoms with Crippen molar-refractivity contribution in [2.24, 2.45) is 0 Å². The van der Waals surface area contributed by atoms with Gasteiger partial charge in [0.25, 0.3) is 10.0 Å². The fraction of sp³-hybridized carbons (Fsp3) is 0.0952. The first kappa shape index (κ1) is 21.2. The molecule has 31 heavy (non-hydrogen) atoms. The van der Waals surface area contributed by atoms with Crippen molar-refractivity contribution in [2.45, 2.75) is 11.8 Å².